The van der Waals surface area contributed by atoms with Crippen molar-refractivity contribution in [3.8, 4) is 0 Å². The van der Waals surface area contributed by atoms with E-state index in [0.29, 0.717) is 19.7 Å². The van der Waals surface area contributed by atoms with Gasteiger partial charge in [0, 0.05) is 36.4 Å². The minimum atomic E-state index is -0.140. The summed E-state index contributed by atoms with van der Waals surface area (Å²) in [6.45, 7) is 7.53. The summed E-state index contributed by atoms with van der Waals surface area (Å²) in [7, 11) is 1.88. The van der Waals surface area contributed by atoms with E-state index < -0.39 is 0 Å². The molecule has 0 aromatic carbocycles. The molecule has 130 valence electrons. The van der Waals surface area contributed by atoms with E-state index >= 15 is 0 Å². The SMILES string of the molecule is Cc1csc([C@H]2CN(C(=O)N[C@@H](C)c3cn(C)nc3C)CCO2)n1. The zero-order valence-electron chi connectivity index (χ0n) is 14.4. The van der Waals surface area contributed by atoms with Gasteiger partial charge in [-0.25, -0.2) is 9.78 Å². The van der Waals surface area contributed by atoms with Crippen molar-refractivity contribution < 1.29 is 9.53 Å². The van der Waals surface area contributed by atoms with Crippen molar-refractivity contribution >= 4 is 17.4 Å². The van der Waals surface area contributed by atoms with Crippen molar-refractivity contribution in [1.29, 1.82) is 0 Å². The molecule has 0 radical (unpaired) electrons. The molecule has 0 saturated carbocycles. The van der Waals surface area contributed by atoms with Crippen LogP contribution in [0, 0.1) is 13.8 Å². The van der Waals surface area contributed by atoms with Crippen molar-refractivity contribution in [1.82, 2.24) is 25.0 Å². The molecule has 1 N–H and O–H groups in total. The molecule has 7 nitrogen and oxygen atoms in total. The standard InChI is InChI=1S/C16H23N5O2S/c1-10-9-24-15(17-10)14-8-21(5-6-23-14)16(22)18-11(2)13-7-20(4)19-12(13)3/h7,9,11,14H,5-6,8H2,1-4H3,(H,18,22)/t11-,14+/m0/s1. The minimum Gasteiger partial charge on any atom is -0.367 e. The highest BCUT2D eigenvalue weighted by atomic mass is 32.1. The van der Waals surface area contributed by atoms with Crippen LogP contribution in [0.4, 0.5) is 4.79 Å². The lowest BCUT2D eigenvalue weighted by molar-refractivity contribution is -0.0158. The van der Waals surface area contributed by atoms with E-state index in [1.54, 1.807) is 20.9 Å². The lowest BCUT2D eigenvalue weighted by Gasteiger charge is -2.32. The number of nitrogens with zero attached hydrogens (tertiary/aromatic N) is 4. The second-order valence-corrected chi connectivity index (χ2v) is 7.04. The highest BCUT2D eigenvalue weighted by Gasteiger charge is 2.28. The number of morpholine rings is 1. The van der Waals surface area contributed by atoms with Gasteiger partial charge in [-0.2, -0.15) is 5.10 Å². The molecule has 0 aliphatic carbocycles. The predicted molar refractivity (Wildman–Crippen MR) is 92.0 cm³/mol. The van der Waals surface area contributed by atoms with Crippen molar-refractivity contribution in [3.63, 3.8) is 0 Å². The molecule has 3 rings (SSSR count). The number of carbonyl (C=O) groups excluding carboxylic acids is 1. The summed E-state index contributed by atoms with van der Waals surface area (Å²) in [6.07, 6.45) is 1.81. The first-order valence-corrected chi connectivity index (χ1v) is 8.91. The monoisotopic (exact) mass is 349 g/mol. The topological polar surface area (TPSA) is 72.3 Å². The maximum Gasteiger partial charge on any atom is 0.318 e. The van der Waals surface area contributed by atoms with Gasteiger partial charge in [0.1, 0.15) is 11.1 Å². The lowest BCUT2D eigenvalue weighted by atomic mass is 10.1. The smallest absolute Gasteiger partial charge is 0.318 e. The summed E-state index contributed by atoms with van der Waals surface area (Å²) in [6, 6.07) is -0.165. The third kappa shape index (κ3) is 3.59. The van der Waals surface area contributed by atoms with Gasteiger partial charge in [-0.05, 0) is 20.8 Å². The second-order valence-electron chi connectivity index (χ2n) is 6.15. The zero-order valence-corrected chi connectivity index (χ0v) is 15.3. The first kappa shape index (κ1) is 16.9. The number of carbonyl (C=O) groups is 1. The van der Waals surface area contributed by atoms with E-state index in [1.807, 2.05) is 39.4 Å². The van der Waals surface area contributed by atoms with Gasteiger partial charge in [0.05, 0.1) is 24.9 Å². The predicted octanol–water partition coefficient (Wildman–Crippen LogP) is 2.34. The van der Waals surface area contributed by atoms with E-state index in [2.05, 4.69) is 15.4 Å². The van der Waals surface area contributed by atoms with Crippen molar-refractivity contribution in [2.75, 3.05) is 19.7 Å². The molecule has 1 fully saturated rings. The van der Waals surface area contributed by atoms with Crippen LogP contribution in [0.5, 0.6) is 0 Å². The molecule has 2 aromatic rings. The summed E-state index contributed by atoms with van der Waals surface area (Å²) in [4.78, 5) is 18.9. The van der Waals surface area contributed by atoms with E-state index in [0.717, 1.165) is 22.0 Å². The van der Waals surface area contributed by atoms with E-state index in [-0.39, 0.29) is 18.2 Å². The molecule has 24 heavy (non-hydrogen) atoms. The lowest BCUT2D eigenvalue weighted by Crippen LogP contribution is -2.47. The molecular weight excluding hydrogens is 326 g/mol. The molecule has 2 atom stereocenters. The zero-order chi connectivity index (χ0) is 17.3. The van der Waals surface area contributed by atoms with Gasteiger partial charge < -0.3 is 15.0 Å². The average molecular weight is 349 g/mol. The second kappa shape index (κ2) is 6.90. The number of ether oxygens (including phenoxy) is 1. The number of hydrogen-bond acceptors (Lipinski definition) is 5. The Hall–Kier alpha value is -1.93. The van der Waals surface area contributed by atoms with Crippen molar-refractivity contribution in [3.05, 3.63) is 33.5 Å². The minimum absolute atomic E-state index is 0.0765. The van der Waals surface area contributed by atoms with Gasteiger partial charge in [0.15, 0.2) is 0 Å². The van der Waals surface area contributed by atoms with Crippen LogP contribution in [-0.4, -0.2) is 45.4 Å². The number of aryl methyl sites for hydroxylation is 3. The number of nitrogens with one attached hydrogen (secondary N) is 1. The quantitative estimate of drug-likeness (QED) is 0.923. The maximum absolute atomic E-state index is 12.6. The van der Waals surface area contributed by atoms with Crippen LogP contribution in [0.3, 0.4) is 0 Å². The summed E-state index contributed by atoms with van der Waals surface area (Å²) in [5, 5.41) is 10.3. The number of aromatic nitrogens is 3. The molecular formula is C16H23N5O2S. The summed E-state index contributed by atoms with van der Waals surface area (Å²) in [5.74, 6) is 0. The van der Waals surface area contributed by atoms with Crippen LogP contribution in [-0.2, 0) is 11.8 Å². The number of rotatable bonds is 3. The maximum atomic E-state index is 12.6. The van der Waals surface area contributed by atoms with Crippen LogP contribution in [0.1, 0.15) is 41.0 Å². The molecule has 0 bridgehead atoms. The summed E-state index contributed by atoms with van der Waals surface area (Å²) < 4.78 is 7.55. The van der Waals surface area contributed by atoms with Crippen LogP contribution in [0.25, 0.3) is 0 Å². The largest absolute Gasteiger partial charge is 0.367 e. The van der Waals surface area contributed by atoms with Gasteiger partial charge in [0.25, 0.3) is 0 Å². The van der Waals surface area contributed by atoms with Gasteiger partial charge >= 0.3 is 6.03 Å². The average Bonchev–Trinajstić information content (AvgIpc) is 3.12. The molecule has 2 aromatic heterocycles. The Labute approximate surface area is 145 Å². The van der Waals surface area contributed by atoms with Crippen LogP contribution < -0.4 is 5.32 Å². The molecule has 0 unspecified atom stereocenters. The van der Waals surface area contributed by atoms with Gasteiger partial charge in [-0.3, -0.25) is 4.68 Å². The molecule has 1 aliphatic heterocycles. The van der Waals surface area contributed by atoms with Crippen molar-refractivity contribution in [2.24, 2.45) is 7.05 Å². The Morgan fingerprint density at radius 1 is 1.50 bits per heavy atom. The molecule has 1 saturated heterocycles. The fraction of sp³-hybridized carbons (Fsp3) is 0.562. The third-order valence-electron chi connectivity index (χ3n) is 4.12. The Balaban J connectivity index is 1.63. The molecule has 0 spiro atoms. The number of amides is 2. The Bertz CT molecular complexity index is 726. The summed E-state index contributed by atoms with van der Waals surface area (Å²) >= 11 is 1.58. The van der Waals surface area contributed by atoms with Gasteiger partial charge in [-0.1, -0.05) is 0 Å². The third-order valence-corrected chi connectivity index (χ3v) is 5.18. The molecule has 2 amide bonds. The van der Waals surface area contributed by atoms with E-state index in [4.69, 9.17) is 4.74 Å². The first-order chi connectivity index (χ1) is 11.4. The fourth-order valence-electron chi connectivity index (χ4n) is 2.90. The molecule has 8 heteroatoms. The van der Waals surface area contributed by atoms with Crippen LogP contribution >= 0.6 is 11.3 Å². The number of urea groups is 1. The highest BCUT2D eigenvalue weighted by molar-refractivity contribution is 7.09. The summed E-state index contributed by atoms with van der Waals surface area (Å²) in [5.41, 5.74) is 2.95. The van der Waals surface area contributed by atoms with Crippen LogP contribution in [0.2, 0.25) is 0 Å². The van der Waals surface area contributed by atoms with Gasteiger partial charge in [-0.15, -0.1) is 11.3 Å². The fourth-order valence-corrected chi connectivity index (χ4v) is 3.74. The number of hydrogen-bond donors (Lipinski definition) is 1. The van der Waals surface area contributed by atoms with Gasteiger partial charge in [0.2, 0.25) is 0 Å². The first-order valence-electron chi connectivity index (χ1n) is 8.03. The Kier molecular flexibility index (Phi) is 4.86. The molecule has 1 aliphatic rings. The normalized spacial score (nSPS) is 19.3. The van der Waals surface area contributed by atoms with Crippen molar-refractivity contribution in [2.45, 2.75) is 32.9 Å². The van der Waals surface area contributed by atoms with Crippen LogP contribution in [0.15, 0.2) is 11.6 Å². The molecule has 3 heterocycles. The Morgan fingerprint density at radius 3 is 2.92 bits per heavy atom. The highest BCUT2D eigenvalue weighted by Crippen LogP contribution is 2.25. The Morgan fingerprint density at radius 2 is 2.29 bits per heavy atom. The van der Waals surface area contributed by atoms with E-state index in [9.17, 15) is 4.79 Å². The number of thiazole rings is 1. The van der Waals surface area contributed by atoms with E-state index in [1.165, 1.54) is 0 Å².